The molecule has 0 aromatic heterocycles. The molecule has 2 N–H and O–H groups in total. The fraction of sp³-hybridized carbons (Fsp3) is 0.259. The maximum Gasteiger partial charge on any atom is 0.328 e. The number of nitrogens with zero attached hydrogens (tertiary/aromatic N) is 1. The van der Waals surface area contributed by atoms with Gasteiger partial charge in [0.1, 0.15) is 5.54 Å². The van der Waals surface area contributed by atoms with Gasteiger partial charge in [0, 0.05) is 17.1 Å². The second-order valence-electron chi connectivity index (χ2n) is 8.92. The quantitative estimate of drug-likeness (QED) is 0.373. The number of nitrogens with one attached hydrogen (secondary N) is 1. The molecule has 0 aliphatic rings. The Balaban J connectivity index is 1.95. The topological polar surface area (TPSA) is 104 Å². The van der Waals surface area contributed by atoms with Gasteiger partial charge in [0.05, 0.1) is 10.9 Å². The van der Waals surface area contributed by atoms with Gasteiger partial charge in [-0.25, -0.2) is 13.2 Å². The van der Waals surface area contributed by atoms with Crippen molar-refractivity contribution < 1.29 is 23.1 Å². The first-order chi connectivity index (χ1) is 17.0. The molecule has 190 valence electrons. The van der Waals surface area contributed by atoms with Crippen LogP contribution >= 0.6 is 11.6 Å². The number of hydrogen-bond donors (Lipinski definition) is 2. The Morgan fingerprint density at radius 3 is 2.08 bits per heavy atom. The van der Waals surface area contributed by atoms with Gasteiger partial charge in [-0.05, 0) is 67.8 Å². The Kier molecular flexibility index (Phi) is 8.55. The van der Waals surface area contributed by atoms with E-state index in [0.29, 0.717) is 17.0 Å². The van der Waals surface area contributed by atoms with Gasteiger partial charge >= 0.3 is 5.97 Å². The van der Waals surface area contributed by atoms with Gasteiger partial charge in [0.2, 0.25) is 10.0 Å². The fourth-order valence-electron chi connectivity index (χ4n) is 3.74. The van der Waals surface area contributed by atoms with Gasteiger partial charge < -0.3 is 10.4 Å². The Bertz CT molecular complexity index is 1310. The Labute approximate surface area is 216 Å². The van der Waals surface area contributed by atoms with Crippen LogP contribution in [0.3, 0.4) is 0 Å². The summed E-state index contributed by atoms with van der Waals surface area (Å²) < 4.78 is 29.0. The number of benzene rings is 3. The number of rotatable bonds is 10. The third kappa shape index (κ3) is 6.32. The maximum absolute atomic E-state index is 13.8. The van der Waals surface area contributed by atoms with Gasteiger partial charge in [0.15, 0.2) is 0 Å². The van der Waals surface area contributed by atoms with Crippen molar-refractivity contribution >= 4 is 33.5 Å². The van der Waals surface area contributed by atoms with Gasteiger partial charge in [0.25, 0.3) is 5.91 Å². The molecule has 7 nitrogen and oxygen atoms in total. The molecular weight excluding hydrogens is 500 g/mol. The lowest BCUT2D eigenvalue weighted by atomic mass is 10.0. The number of carboxylic acids is 1. The van der Waals surface area contributed by atoms with Crippen molar-refractivity contribution in [2.24, 2.45) is 0 Å². The summed E-state index contributed by atoms with van der Waals surface area (Å²) in [6.45, 7) is 4.80. The van der Waals surface area contributed by atoms with Crippen molar-refractivity contribution in [3.8, 4) is 0 Å². The molecule has 0 radical (unpaired) electrons. The van der Waals surface area contributed by atoms with Crippen LogP contribution in [0.15, 0.2) is 83.8 Å². The molecular formula is C27H29ClN2O5S. The number of carbonyl (C=O) groups is 2. The number of carboxylic acid groups (broad SMARTS) is 1. The van der Waals surface area contributed by atoms with Gasteiger partial charge in [-0.2, -0.15) is 4.31 Å². The third-order valence-electron chi connectivity index (χ3n) is 5.85. The largest absolute Gasteiger partial charge is 0.480 e. The lowest BCUT2D eigenvalue weighted by Crippen LogP contribution is -2.49. The molecule has 0 fully saturated rings. The predicted molar refractivity (Wildman–Crippen MR) is 139 cm³/mol. The van der Waals surface area contributed by atoms with E-state index in [2.05, 4.69) is 5.32 Å². The van der Waals surface area contributed by atoms with E-state index in [1.807, 2.05) is 37.3 Å². The molecule has 0 saturated heterocycles. The highest BCUT2D eigenvalue weighted by molar-refractivity contribution is 7.89. The van der Waals surface area contributed by atoms with Crippen LogP contribution in [0.4, 0.5) is 0 Å². The van der Waals surface area contributed by atoms with Crippen molar-refractivity contribution in [1.29, 1.82) is 0 Å². The monoisotopic (exact) mass is 528 g/mol. The van der Waals surface area contributed by atoms with Crippen LogP contribution in [0.5, 0.6) is 0 Å². The first-order valence-electron chi connectivity index (χ1n) is 11.4. The predicted octanol–water partition coefficient (Wildman–Crippen LogP) is 5.28. The zero-order chi connectivity index (χ0) is 26.5. The van der Waals surface area contributed by atoms with Crippen molar-refractivity contribution in [2.45, 2.75) is 50.2 Å². The summed E-state index contributed by atoms with van der Waals surface area (Å²) in [6.07, 6.45) is 0.543. The van der Waals surface area contributed by atoms with Crippen molar-refractivity contribution in [1.82, 2.24) is 9.62 Å². The van der Waals surface area contributed by atoms with Crippen LogP contribution in [0.2, 0.25) is 5.02 Å². The summed E-state index contributed by atoms with van der Waals surface area (Å²) in [5.41, 5.74) is 0.388. The first-order valence-corrected chi connectivity index (χ1v) is 13.2. The first kappa shape index (κ1) is 27.4. The lowest BCUT2D eigenvalue weighted by molar-refractivity contribution is -0.143. The summed E-state index contributed by atoms with van der Waals surface area (Å²) in [7, 11) is -3.91. The summed E-state index contributed by atoms with van der Waals surface area (Å²) >= 11 is 5.98. The zero-order valence-electron chi connectivity index (χ0n) is 20.3. The Hall–Kier alpha value is -3.20. The summed E-state index contributed by atoms with van der Waals surface area (Å²) in [5.74, 6) is -1.68. The van der Waals surface area contributed by atoms with E-state index < -0.39 is 33.5 Å². The van der Waals surface area contributed by atoms with Gasteiger partial charge in [-0.15, -0.1) is 0 Å². The van der Waals surface area contributed by atoms with Crippen LogP contribution < -0.4 is 5.32 Å². The number of hydrogen-bond acceptors (Lipinski definition) is 4. The second-order valence-corrected chi connectivity index (χ2v) is 11.2. The highest BCUT2D eigenvalue weighted by atomic mass is 35.5. The number of carbonyl (C=O) groups excluding carboxylic acids is 1. The van der Waals surface area contributed by atoms with E-state index >= 15 is 0 Å². The smallest absolute Gasteiger partial charge is 0.328 e. The van der Waals surface area contributed by atoms with Crippen molar-refractivity contribution in [3.63, 3.8) is 0 Å². The summed E-state index contributed by atoms with van der Waals surface area (Å²) in [5, 5.41) is 12.2. The molecule has 36 heavy (non-hydrogen) atoms. The summed E-state index contributed by atoms with van der Waals surface area (Å²) in [4.78, 5) is 24.0. The molecule has 0 bridgehead atoms. The minimum Gasteiger partial charge on any atom is -0.480 e. The average Bonchev–Trinajstić information content (AvgIpc) is 2.85. The van der Waals surface area contributed by atoms with E-state index in [0.717, 1.165) is 5.56 Å². The average molecular weight is 529 g/mol. The molecule has 0 saturated carbocycles. The number of halogens is 1. The lowest BCUT2D eigenvalue weighted by Gasteiger charge is -2.31. The van der Waals surface area contributed by atoms with Crippen molar-refractivity contribution in [2.75, 3.05) is 0 Å². The molecule has 0 unspecified atom stereocenters. The van der Waals surface area contributed by atoms with E-state index in [-0.39, 0.29) is 17.0 Å². The highest BCUT2D eigenvalue weighted by Gasteiger charge is 2.32. The summed E-state index contributed by atoms with van der Waals surface area (Å²) in [6, 6.07) is 21.5. The molecule has 1 atom stereocenters. The molecule has 3 aromatic rings. The molecule has 0 heterocycles. The maximum atomic E-state index is 13.8. The molecule has 3 rings (SSSR count). The van der Waals surface area contributed by atoms with Crippen LogP contribution in [0.1, 0.15) is 54.7 Å². The minimum absolute atomic E-state index is 0.0703. The van der Waals surface area contributed by atoms with E-state index in [1.165, 1.54) is 30.3 Å². The number of amides is 1. The molecule has 1 amide bonds. The number of aliphatic carboxylic acids is 1. The minimum atomic E-state index is -3.91. The highest BCUT2D eigenvalue weighted by Crippen LogP contribution is 2.32. The van der Waals surface area contributed by atoms with Gasteiger partial charge in [-0.1, -0.05) is 61.0 Å². The van der Waals surface area contributed by atoms with Crippen LogP contribution in [0.25, 0.3) is 0 Å². The number of sulfonamides is 1. The Morgan fingerprint density at radius 2 is 1.56 bits per heavy atom. The van der Waals surface area contributed by atoms with Crippen LogP contribution in [-0.2, 0) is 21.4 Å². The molecule has 0 aliphatic heterocycles. The zero-order valence-corrected chi connectivity index (χ0v) is 21.9. The third-order valence-corrected chi connectivity index (χ3v) is 7.98. The van der Waals surface area contributed by atoms with Crippen molar-refractivity contribution in [3.05, 3.63) is 101 Å². The molecule has 9 heteroatoms. The van der Waals surface area contributed by atoms with E-state index in [1.54, 1.807) is 36.4 Å². The standard InChI is InChI=1S/C27H29ClN2O5S/c1-4-24(20-8-6-5-7-9-20)30(36(34,35)23-16-14-22(28)15-17-23)18-19-10-12-21(13-11-19)25(31)29-27(2,3)26(32)33/h5-17,24H,4,18H2,1-3H3,(H,29,31)(H,32,33)/t24-/m0/s1. The fourth-order valence-corrected chi connectivity index (χ4v) is 5.54. The van der Waals surface area contributed by atoms with Crippen LogP contribution in [0, 0.1) is 0 Å². The van der Waals surface area contributed by atoms with Gasteiger partial charge in [-0.3, -0.25) is 4.79 Å². The van der Waals surface area contributed by atoms with E-state index in [9.17, 15) is 23.1 Å². The van der Waals surface area contributed by atoms with E-state index in [4.69, 9.17) is 11.6 Å². The molecule has 0 aliphatic carbocycles. The molecule has 0 spiro atoms. The Morgan fingerprint density at radius 1 is 0.972 bits per heavy atom. The van der Waals surface area contributed by atoms with Crippen LogP contribution in [-0.4, -0.2) is 35.2 Å². The second kappa shape index (κ2) is 11.2. The molecule has 3 aromatic carbocycles. The normalized spacial score (nSPS) is 12.8. The SMILES string of the molecule is CC[C@@H](c1ccccc1)N(Cc1ccc(C(=O)NC(C)(C)C(=O)O)cc1)S(=O)(=O)c1ccc(Cl)cc1.